The van der Waals surface area contributed by atoms with Crippen molar-refractivity contribution in [1.82, 2.24) is 10.2 Å². The lowest BCUT2D eigenvalue weighted by atomic mass is 10.0. The monoisotopic (exact) mass is 249 g/mol. The van der Waals surface area contributed by atoms with Crippen molar-refractivity contribution in [3.8, 4) is 6.07 Å². The molecule has 0 aromatic carbocycles. The fraction of sp³-hybridized carbons (Fsp3) is 0.857. The molecule has 0 aromatic heterocycles. The van der Waals surface area contributed by atoms with Crippen molar-refractivity contribution >= 4 is 5.91 Å². The Labute approximate surface area is 109 Å². The molecule has 1 saturated carbocycles. The number of carbonyl (C=O) groups is 1. The van der Waals surface area contributed by atoms with Crippen molar-refractivity contribution < 1.29 is 4.79 Å². The van der Waals surface area contributed by atoms with Gasteiger partial charge in [0, 0.05) is 25.6 Å². The summed E-state index contributed by atoms with van der Waals surface area (Å²) in [6.07, 6.45) is 7.74. The number of likely N-dealkylation sites (tertiary alicyclic amines) is 1. The normalized spacial score (nSPS) is 22.8. The summed E-state index contributed by atoms with van der Waals surface area (Å²) < 4.78 is 0. The van der Waals surface area contributed by atoms with Gasteiger partial charge in [-0.1, -0.05) is 12.8 Å². The number of rotatable bonds is 4. The number of amides is 1. The summed E-state index contributed by atoms with van der Waals surface area (Å²) in [6.45, 7) is 2.38. The van der Waals surface area contributed by atoms with Gasteiger partial charge < -0.3 is 5.32 Å². The Morgan fingerprint density at radius 2 is 1.89 bits per heavy atom. The van der Waals surface area contributed by atoms with Gasteiger partial charge in [0.05, 0.1) is 12.6 Å². The minimum absolute atomic E-state index is 0.237. The van der Waals surface area contributed by atoms with Crippen LogP contribution in [0.1, 0.15) is 44.9 Å². The Bertz CT molecular complexity index is 309. The van der Waals surface area contributed by atoms with E-state index < -0.39 is 0 Å². The molecule has 2 fully saturated rings. The number of nitriles is 1. The quantitative estimate of drug-likeness (QED) is 0.771. The van der Waals surface area contributed by atoms with E-state index in [-0.39, 0.29) is 5.91 Å². The second-order valence-corrected chi connectivity index (χ2v) is 5.63. The molecule has 100 valence electrons. The molecule has 0 spiro atoms. The Morgan fingerprint density at radius 3 is 2.50 bits per heavy atom. The van der Waals surface area contributed by atoms with Crippen LogP contribution >= 0.6 is 0 Å². The molecule has 0 atom stereocenters. The van der Waals surface area contributed by atoms with Gasteiger partial charge in [-0.05, 0) is 31.6 Å². The van der Waals surface area contributed by atoms with Crippen LogP contribution in [-0.2, 0) is 4.79 Å². The van der Waals surface area contributed by atoms with Crippen LogP contribution in [0, 0.1) is 17.2 Å². The zero-order chi connectivity index (χ0) is 12.8. The molecule has 0 radical (unpaired) electrons. The average Bonchev–Trinajstić information content (AvgIpc) is 2.84. The number of nitrogens with one attached hydrogen (secondary N) is 1. The smallest absolute Gasteiger partial charge is 0.220 e. The highest BCUT2D eigenvalue weighted by atomic mass is 16.1. The van der Waals surface area contributed by atoms with E-state index in [0.29, 0.717) is 18.5 Å². The van der Waals surface area contributed by atoms with Crippen molar-refractivity contribution in [2.24, 2.45) is 5.92 Å². The number of hydrogen-bond donors (Lipinski definition) is 1. The van der Waals surface area contributed by atoms with Crippen molar-refractivity contribution in [3.63, 3.8) is 0 Å². The van der Waals surface area contributed by atoms with Gasteiger partial charge in [0.25, 0.3) is 0 Å². The van der Waals surface area contributed by atoms with Gasteiger partial charge in [-0.15, -0.1) is 0 Å². The SMILES string of the molecule is N#CCN1CCC(NC(=O)CC2CCCC2)CC1. The van der Waals surface area contributed by atoms with E-state index in [9.17, 15) is 4.79 Å². The second-order valence-electron chi connectivity index (χ2n) is 5.63. The Morgan fingerprint density at radius 1 is 1.22 bits per heavy atom. The summed E-state index contributed by atoms with van der Waals surface area (Å²) in [7, 11) is 0. The third-order valence-corrected chi connectivity index (χ3v) is 4.20. The van der Waals surface area contributed by atoms with Crippen LogP contribution in [0.15, 0.2) is 0 Å². The zero-order valence-electron chi connectivity index (χ0n) is 11.0. The van der Waals surface area contributed by atoms with Crippen LogP contribution in [0.3, 0.4) is 0 Å². The molecular formula is C14H23N3O. The van der Waals surface area contributed by atoms with E-state index in [1.54, 1.807) is 0 Å². The van der Waals surface area contributed by atoms with Crippen LogP contribution in [0.5, 0.6) is 0 Å². The predicted molar refractivity (Wildman–Crippen MR) is 69.8 cm³/mol. The fourth-order valence-electron chi connectivity index (χ4n) is 3.10. The van der Waals surface area contributed by atoms with E-state index >= 15 is 0 Å². The van der Waals surface area contributed by atoms with E-state index in [2.05, 4.69) is 16.3 Å². The van der Waals surface area contributed by atoms with E-state index in [1.165, 1.54) is 25.7 Å². The van der Waals surface area contributed by atoms with Gasteiger partial charge in [0.15, 0.2) is 0 Å². The highest BCUT2D eigenvalue weighted by Crippen LogP contribution is 2.27. The van der Waals surface area contributed by atoms with Crippen LogP contribution in [0.25, 0.3) is 0 Å². The maximum absolute atomic E-state index is 11.9. The van der Waals surface area contributed by atoms with E-state index in [0.717, 1.165) is 32.4 Å². The molecule has 4 heteroatoms. The Balaban J connectivity index is 1.64. The third-order valence-electron chi connectivity index (χ3n) is 4.20. The second kappa shape index (κ2) is 6.75. The standard InChI is InChI=1S/C14H23N3O/c15-7-10-17-8-5-13(6-9-17)16-14(18)11-12-3-1-2-4-12/h12-13H,1-6,8-11H2,(H,16,18). The molecule has 0 unspecified atom stereocenters. The summed E-state index contributed by atoms with van der Waals surface area (Å²) in [5, 5.41) is 11.8. The first kappa shape index (κ1) is 13.4. The molecule has 1 aliphatic heterocycles. The molecular weight excluding hydrogens is 226 g/mol. The first-order chi connectivity index (χ1) is 8.78. The molecule has 0 aromatic rings. The van der Waals surface area contributed by atoms with Crippen molar-refractivity contribution in [2.75, 3.05) is 19.6 Å². The van der Waals surface area contributed by atoms with Gasteiger partial charge in [-0.3, -0.25) is 9.69 Å². The highest BCUT2D eigenvalue weighted by molar-refractivity contribution is 5.76. The molecule has 1 saturated heterocycles. The molecule has 2 rings (SSSR count). The summed E-state index contributed by atoms with van der Waals surface area (Å²) in [5.41, 5.74) is 0. The fourth-order valence-corrected chi connectivity index (χ4v) is 3.10. The van der Waals surface area contributed by atoms with Crippen molar-refractivity contribution in [1.29, 1.82) is 5.26 Å². The zero-order valence-corrected chi connectivity index (χ0v) is 11.0. The van der Waals surface area contributed by atoms with Gasteiger partial charge in [0.1, 0.15) is 0 Å². The molecule has 18 heavy (non-hydrogen) atoms. The van der Waals surface area contributed by atoms with Crippen LogP contribution in [0.4, 0.5) is 0 Å². The van der Waals surface area contributed by atoms with Crippen LogP contribution in [0.2, 0.25) is 0 Å². The first-order valence-corrected chi connectivity index (χ1v) is 7.16. The summed E-state index contributed by atoms with van der Waals surface area (Å²) in [5.74, 6) is 0.865. The largest absolute Gasteiger partial charge is 0.353 e. The van der Waals surface area contributed by atoms with E-state index in [1.807, 2.05) is 0 Å². The van der Waals surface area contributed by atoms with Gasteiger partial charge >= 0.3 is 0 Å². The number of piperidine rings is 1. The Hall–Kier alpha value is -1.08. The minimum Gasteiger partial charge on any atom is -0.353 e. The van der Waals surface area contributed by atoms with Crippen molar-refractivity contribution in [3.05, 3.63) is 0 Å². The first-order valence-electron chi connectivity index (χ1n) is 7.16. The summed E-state index contributed by atoms with van der Waals surface area (Å²) in [6, 6.07) is 2.51. The third kappa shape index (κ3) is 3.99. The van der Waals surface area contributed by atoms with Gasteiger partial charge in [-0.25, -0.2) is 0 Å². The molecule has 2 aliphatic rings. The predicted octanol–water partition coefficient (Wildman–Crippen LogP) is 1.67. The highest BCUT2D eigenvalue weighted by Gasteiger charge is 2.23. The number of carbonyl (C=O) groups excluding carboxylic acids is 1. The lowest BCUT2D eigenvalue weighted by Crippen LogP contribution is -2.44. The molecule has 4 nitrogen and oxygen atoms in total. The molecule has 1 N–H and O–H groups in total. The molecule has 0 bridgehead atoms. The maximum Gasteiger partial charge on any atom is 0.220 e. The summed E-state index contributed by atoms with van der Waals surface area (Å²) in [4.78, 5) is 14.0. The molecule has 1 amide bonds. The summed E-state index contributed by atoms with van der Waals surface area (Å²) >= 11 is 0. The van der Waals surface area contributed by atoms with Crippen molar-refractivity contribution in [2.45, 2.75) is 51.0 Å². The van der Waals surface area contributed by atoms with E-state index in [4.69, 9.17) is 5.26 Å². The minimum atomic E-state index is 0.237. The maximum atomic E-state index is 11.9. The topological polar surface area (TPSA) is 56.1 Å². The lowest BCUT2D eigenvalue weighted by Gasteiger charge is -2.30. The lowest BCUT2D eigenvalue weighted by molar-refractivity contribution is -0.123. The molecule has 1 aliphatic carbocycles. The number of hydrogen-bond acceptors (Lipinski definition) is 3. The van der Waals surface area contributed by atoms with Gasteiger partial charge in [0.2, 0.25) is 5.91 Å². The average molecular weight is 249 g/mol. The number of nitrogens with zero attached hydrogens (tertiary/aromatic N) is 2. The van der Waals surface area contributed by atoms with Crippen LogP contribution in [-0.4, -0.2) is 36.5 Å². The van der Waals surface area contributed by atoms with Gasteiger partial charge in [-0.2, -0.15) is 5.26 Å². The molecule has 1 heterocycles. The van der Waals surface area contributed by atoms with Crippen LogP contribution < -0.4 is 5.32 Å². The Kier molecular flexibility index (Phi) is 5.00.